The van der Waals surface area contributed by atoms with E-state index in [1.165, 1.54) is 11.3 Å². The van der Waals surface area contributed by atoms with Crippen molar-refractivity contribution < 1.29 is 9.59 Å². The van der Waals surface area contributed by atoms with Crippen molar-refractivity contribution in [3.63, 3.8) is 0 Å². The lowest BCUT2D eigenvalue weighted by molar-refractivity contribution is -0.115. The largest absolute Gasteiger partial charge is 0.326 e. The maximum atomic E-state index is 12.2. The molecule has 132 valence electrons. The maximum absolute atomic E-state index is 12.2. The van der Waals surface area contributed by atoms with Gasteiger partial charge in [-0.15, -0.1) is 11.3 Å². The Morgan fingerprint density at radius 1 is 1.12 bits per heavy atom. The molecule has 0 spiro atoms. The van der Waals surface area contributed by atoms with E-state index in [0.717, 1.165) is 15.7 Å². The Bertz CT molecular complexity index is 941. The minimum absolute atomic E-state index is 0.146. The van der Waals surface area contributed by atoms with Crippen molar-refractivity contribution in [2.75, 3.05) is 10.6 Å². The van der Waals surface area contributed by atoms with Crippen molar-refractivity contribution in [1.29, 1.82) is 0 Å². The van der Waals surface area contributed by atoms with Crippen LogP contribution in [0.1, 0.15) is 21.6 Å². The van der Waals surface area contributed by atoms with Gasteiger partial charge < -0.3 is 5.32 Å². The maximum Gasteiger partial charge on any atom is 0.257 e. The first kappa shape index (κ1) is 18.3. The number of aromatic nitrogens is 1. The van der Waals surface area contributed by atoms with E-state index in [2.05, 4.69) is 31.5 Å². The number of nitrogens with one attached hydrogen (secondary N) is 2. The molecule has 0 atom stereocenters. The lowest BCUT2D eigenvalue weighted by Crippen LogP contribution is -2.15. The van der Waals surface area contributed by atoms with Crippen LogP contribution in [-0.4, -0.2) is 16.8 Å². The number of carbonyl (C=O) groups is 2. The van der Waals surface area contributed by atoms with Crippen LogP contribution in [0.4, 0.5) is 10.8 Å². The normalized spacial score (nSPS) is 10.4. The highest BCUT2D eigenvalue weighted by Crippen LogP contribution is 2.21. The fourth-order valence-electron chi connectivity index (χ4n) is 2.30. The molecule has 26 heavy (non-hydrogen) atoms. The van der Waals surface area contributed by atoms with Gasteiger partial charge >= 0.3 is 0 Å². The van der Waals surface area contributed by atoms with Crippen LogP contribution in [0.15, 0.2) is 58.4 Å². The van der Waals surface area contributed by atoms with Gasteiger partial charge in [-0.3, -0.25) is 14.9 Å². The van der Waals surface area contributed by atoms with Crippen LogP contribution >= 0.6 is 27.3 Å². The van der Waals surface area contributed by atoms with Crippen LogP contribution in [0.3, 0.4) is 0 Å². The van der Waals surface area contributed by atoms with Gasteiger partial charge in [-0.05, 0) is 42.8 Å². The van der Waals surface area contributed by atoms with Crippen LogP contribution in [-0.2, 0) is 11.2 Å². The predicted molar refractivity (Wildman–Crippen MR) is 108 cm³/mol. The number of aryl methyl sites for hydroxylation is 1. The molecule has 1 heterocycles. The summed E-state index contributed by atoms with van der Waals surface area (Å²) in [6.07, 6.45) is 0.146. The number of anilines is 2. The van der Waals surface area contributed by atoms with Gasteiger partial charge in [-0.2, -0.15) is 0 Å². The van der Waals surface area contributed by atoms with Gasteiger partial charge in [0.15, 0.2) is 5.13 Å². The molecule has 1 aromatic heterocycles. The molecular formula is C19H16BrN3O2S. The van der Waals surface area contributed by atoms with Crippen molar-refractivity contribution in [1.82, 2.24) is 4.98 Å². The van der Waals surface area contributed by atoms with Crippen LogP contribution in [0.2, 0.25) is 0 Å². The fraction of sp³-hybridized carbons (Fsp3) is 0.105. The number of carbonyl (C=O) groups excluding carboxylic acids is 2. The SMILES string of the molecule is Cc1cc(NC(=O)Cc2csc(NC(=O)c3ccccc3)n2)ccc1Br. The standard InChI is InChI=1S/C19H16BrN3O2S/c1-12-9-14(7-8-16(12)20)21-17(24)10-15-11-26-19(22-15)23-18(25)13-5-3-2-4-6-13/h2-9,11H,10H2,1H3,(H,21,24)(H,22,23,25). The van der Waals surface area contributed by atoms with Gasteiger partial charge in [-0.25, -0.2) is 4.98 Å². The minimum Gasteiger partial charge on any atom is -0.326 e. The summed E-state index contributed by atoms with van der Waals surface area (Å²) in [5.41, 5.74) is 2.96. The van der Waals surface area contributed by atoms with Crippen molar-refractivity contribution in [3.05, 3.63) is 75.2 Å². The summed E-state index contributed by atoms with van der Waals surface area (Å²) in [5, 5.41) is 7.84. The zero-order valence-electron chi connectivity index (χ0n) is 14.0. The Hall–Kier alpha value is -2.51. The zero-order chi connectivity index (χ0) is 18.5. The smallest absolute Gasteiger partial charge is 0.257 e. The Morgan fingerprint density at radius 3 is 2.62 bits per heavy atom. The Morgan fingerprint density at radius 2 is 1.88 bits per heavy atom. The zero-order valence-corrected chi connectivity index (χ0v) is 16.4. The number of halogens is 1. The van der Waals surface area contributed by atoms with E-state index in [1.54, 1.807) is 29.6 Å². The molecule has 2 amide bonds. The van der Waals surface area contributed by atoms with E-state index in [0.29, 0.717) is 16.4 Å². The van der Waals surface area contributed by atoms with E-state index in [9.17, 15) is 9.59 Å². The number of thiazole rings is 1. The molecule has 5 nitrogen and oxygen atoms in total. The van der Waals surface area contributed by atoms with Gasteiger partial charge in [0.1, 0.15) is 0 Å². The topological polar surface area (TPSA) is 71.1 Å². The van der Waals surface area contributed by atoms with Crippen molar-refractivity contribution in [2.45, 2.75) is 13.3 Å². The molecule has 0 saturated heterocycles. The summed E-state index contributed by atoms with van der Waals surface area (Å²) in [5.74, 6) is -0.376. The molecule has 0 unspecified atom stereocenters. The van der Waals surface area contributed by atoms with Crippen molar-refractivity contribution in [3.8, 4) is 0 Å². The third kappa shape index (κ3) is 4.77. The average Bonchev–Trinajstić information content (AvgIpc) is 3.05. The van der Waals surface area contributed by atoms with Gasteiger partial charge in [0.2, 0.25) is 5.91 Å². The van der Waals surface area contributed by atoms with Gasteiger partial charge in [0.25, 0.3) is 5.91 Å². The molecule has 3 aromatic rings. The second-order valence-corrected chi connectivity index (χ2v) is 7.37. The van der Waals surface area contributed by atoms with E-state index >= 15 is 0 Å². The van der Waals surface area contributed by atoms with E-state index in [1.807, 2.05) is 31.2 Å². The predicted octanol–water partition coefficient (Wildman–Crippen LogP) is 4.65. The molecule has 7 heteroatoms. The van der Waals surface area contributed by atoms with Crippen LogP contribution in [0, 0.1) is 6.92 Å². The minimum atomic E-state index is -0.221. The Balaban J connectivity index is 1.58. The first-order valence-corrected chi connectivity index (χ1v) is 9.55. The lowest BCUT2D eigenvalue weighted by atomic mass is 10.2. The fourth-order valence-corrected chi connectivity index (χ4v) is 3.25. The number of nitrogens with zero attached hydrogens (tertiary/aromatic N) is 1. The molecule has 3 rings (SSSR count). The summed E-state index contributed by atoms with van der Waals surface area (Å²) in [7, 11) is 0. The molecule has 0 bridgehead atoms. The van der Waals surface area contributed by atoms with Crippen LogP contribution < -0.4 is 10.6 Å². The molecule has 0 fully saturated rings. The third-order valence-electron chi connectivity index (χ3n) is 3.59. The molecule has 0 aliphatic heterocycles. The van der Waals surface area contributed by atoms with E-state index in [-0.39, 0.29) is 18.2 Å². The van der Waals surface area contributed by atoms with E-state index in [4.69, 9.17) is 0 Å². The van der Waals surface area contributed by atoms with Crippen molar-refractivity contribution in [2.24, 2.45) is 0 Å². The highest BCUT2D eigenvalue weighted by atomic mass is 79.9. The average molecular weight is 430 g/mol. The highest BCUT2D eigenvalue weighted by molar-refractivity contribution is 9.10. The second kappa shape index (κ2) is 8.25. The first-order valence-electron chi connectivity index (χ1n) is 7.88. The summed E-state index contributed by atoms with van der Waals surface area (Å²) >= 11 is 4.73. The van der Waals surface area contributed by atoms with Gasteiger partial charge in [0, 0.05) is 21.1 Å². The number of rotatable bonds is 5. The van der Waals surface area contributed by atoms with Crippen LogP contribution in [0.5, 0.6) is 0 Å². The number of hydrogen-bond donors (Lipinski definition) is 2. The number of hydrogen-bond acceptors (Lipinski definition) is 4. The number of amides is 2. The van der Waals surface area contributed by atoms with Gasteiger partial charge in [0.05, 0.1) is 12.1 Å². The Labute approximate surface area is 163 Å². The molecule has 0 aliphatic carbocycles. The molecule has 2 aromatic carbocycles. The van der Waals surface area contributed by atoms with Crippen molar-refractivity contribution >= 4 is 49.9 Å². The van der Waals surface area contributed by atoms with Gasteiger partial charge in [-0.1, -0.05) is 34.1 Å². The lowest BCUT2D eigenvalue weighted by Gasteiger charge is -2.06. The summed E-state index contributed by atoms with van der Waals surface area (Å²) in [6.45, 7) is 1.96. The monoisotopic (exact) mass is 429 g/mol. The van der Waals surface area contributed by atoms with E-state index < -0.39 is 0 Å². The second-order valence-electron chi connectivity index (χ2n) is 5.65. The summed E-state index contributed by atoms with van der Waals surface area (Å²) in [6, 6.07) is 14.5. The van der Waals surface area contributed by atoms with Crippen LogP contribution in [0.25, 0.3) is 0 Å². The molecule has 2 N–H and O–H groups in total. The summed E-state index contributed by atoms with van der Waals surface area (Å²) < 4.78 is 0.994. The molecule has 0 aliphatic rings. The third-order valence-corrected chi connectivity index (χ3v) is 5.29. The molecule has 0 saturated carbocycles. The Kier molecular flexibility index (Phi) is 5.80. The first-order chi connectivity index (χ1) is 12.5. The summed E-state index contributed by atoms with van der Waals surface area (Å²) in [4.78, 5) is 28.6. The molecular weight excluding hydrogens is 414 g/mol. The highest BCUT2D eigenvalue weighted by Gasteiger charge is 2.11. The molecule has 0 radical (unpaired) electrons. The number of benzene rings is 2. The quantitative estimate of drug-likeness (QED) is 0.619.